The van der Waals surface area contributed by atoms with Crippen LogP contribution in [-0.4, -0.2) is 33.2 Å². The van der Waals surface area contributed by atoms with Crippen LogP contribution >= 0.6 is 0 Å². The van der Waals surface area contributed by atoms with Crippen molar-refractivity contribution < 1.29 is 9.63 Å². The van der Waals surface area contributed by atoms with Crippen molar-refractivity contribution in [2.45, 2.75) is 51.7 Å². The van der Waals surface area contributed by atoms with E-state index in [4.69, 9.17) is 4.52 Å². The summed E-state index contributed by atoms with van der Waals surface area (Å²) in [6.45, 7) is 7.84. The van der Waals surface area contributed by atoms with E-state index in [1.165, 1.54) is 0 Å². The van der Waals surface area contributed by atoms with E-state index in [0.29, 0.717) is 24.3 Å². The van der Waals surface area contributed by atoms with Gasteiger partial charge in [-0.15, -0.1) is 0 Å². The fourth-order valence-electron chi connectivity index (χ4n) is 2.94. The van der Waals surface area contributed by atoms with Crippen LogP contribution in [0.4, 0.5) is 0 Å². The van der Waals surface area contributed by atoms with Crippen molar-refractivity contribution in [2.24, 2.45) is 5.92 Å². The summed E-state index contributed by atoms with van der Waals surface area (Å²) in [6, 6.07) is 9.78. The average Bonchev–Trinajstić information content (AvgIpc) is 3.31. The number of aromatic nitrogens is 2. The lowest BCUT2D eigenvalue weighted by Crippen LogP contribution is -2.34. The van der Waals surface area contributed by atoms with Crippen molar-refractivity contribution in [1.29, 1.82) is 0 Å². The molecule has 1 aliphatic rings. The average molecular weight is 329 g/mol. The molecule has 24 heavy (non-hydrogen) atoms. The molecule has 1 aromatic carbocycles. The van der Waals surface area contributed by atoms with Gasteiger partial charge in [-0.1, -0.05) is 49.3 Å². The summed E-state index contributed by atoms with van der Waals surface area (Å²) in [7, 11) is 0. The minimum absolute atomic E-state index is 0.00855. The van der Waals surface area contributed by atoms with Gasteiger partial charge in [0.15, 0.2) is 5.82 Å². The topological polar surface area (TPSA) is 62.4 Å². The number of hydrogen-bond acceptors (Lipinski definition) is 5. The third-order valence-corrected chi connectivity index (χ3v) is 4.50. The summed E-state index contributed by atoms with van der Waals surface area (Å²) >= 11 is 0. The number of hydrogen-bond donors (Lipinski definition) is 1. The van der Waals surface area contributed by atoms with Gasteiger partial charge in [-0.25, -0.2) is 0 Å². The molecule has 0 amide bonds. The maximum atomic E-state index is 10.6. The quantitative estimate of drug-likeness (QED) is 0.800. The van der Waals surface area contributed by atoms with Gasteiger partial charge >= 0.3 is 0 Å². The van der Waals surface area contributed by atoms with Crippen LogP contribution in [0.15, 0.2) is 34.9 Å². The summed E-state index contributed by atoms with van der Waals surface area (Å²) < 4.78 is 5.49. The molecule has 3 rings (SSSR count). The fourth-order valence-corrected chi connectivity index (χ4v) is 2.94. The van der Waals surface area contributed by atoms with Gasteiger partial charge in [0.25, 0.3) is 0 Å². The van der Waals surface area contributed by atoms with Gasteiger partial charge in [0.2, 0.25) is 5.89 Å². The summed E-state index contributed by atoms with van der Waals surface area (Å²) in [6.07, 6.45) is 1.80. The first-order valence-corrected chi connectivity index (χ1v) is 8.85. The fraction of sp³-hybridized carbons (Fsp3) is 0.579. The van der Waals surface area contributed by atoms with E-state index in [1.54, 1.807) is 0 Å². The van der Waals surface area contributed by atoms with Crippen LogP contribution in [0.2, 0.25) is 0 Å². The number of aliphatic hydroxyl groups excluding tert-OH is 1. The third-order valence-electron chi connectivity index (χ3n) is 4.50. The first-order valence-electron chi connectivity index (χ1n) is 8.85. The lowest BCUT2D eigenvalue weighted by molar-refractivity contribution is 0.0723. The third kappa shape index (κ3) is 4.22. The SMILES string of the molecule is CC(C)CN(C[C@H](O)c1ccccc1)[C@@H](C)c1nc(C2CC2)no1. The smallest absolute Gasteiger partial charge is 0.243 e. The van der Waals surface area contributed by atoms with Crippen molar-refractivity contribution in [2.75, 3.05) is 13.1 Å². The second-order valence-electron chi connectivity index (χ2n) is 7.22. The highest BCUT2D eigenvalue weighted by molar-refractivity contribution is 5.17. The Morgan fingerprint density at radius 2 is 1.88 bits per heavy atom. The van der Waals surface area contributed by atoms with E-state index in [9.17, 15) is 5.11 Å². The van der Waals surface area contributed by atoms with Crippen molar-refractivity contribution in [1.82, 2.24) is 15.0 Å². The number of rotatable bonds is 8. The Labute approximate surface area is 143 Å². The minimum atomic E-state index is -0.529. The van der Waals surface area contributed by atoms with Crippen LogP contribution in [0, 0.1) is 5.92 Å². The Balaban J connectivity index is 1.72. The van der Waals surface area contributed by atoms with Crippen LogP contribution in [-0.2, 0) is 0 Å². The summed E-state index contributed by atoms with van der Waals surface area (Å²) in [5.41, 5.74) is 0.933. The molecule has 1 aromatic heterocycles. The molecule has 1 heterocycles. The Bertz CT molecular complexity index is 637. The van der Waals surface area contributed by atoms with Gasteiger partial charge < -0.3 is 9.63 Å². The molecule has 2 atom stereocenters. The molecule has 0 aliphatic heterocycles. The van der Waals surface area contributed by atoms with Crippen molar-refractivity contribution >= 4 is 0 Å². The molecule has 0 bridgehead atoms. The maximum absolute atomic E-state index is 10.6. The van der Waals surface area contributed by atoms with Crippen LogP contribution in [0.3, 0.4) is 0 Å². The number of aliphatic hydroxyl groups is 1. The highest BCUT2D eigenvalue weighted by Crippen LogP contribution is 2.38. The van der Waals surface area contributed by atoms with Crippen molar-refractivity contribution in [3.8, 4) is 0 Å². The van der Waals surface area contributed by atoms with E-state index in [2.05, 4.69) is 35.8 Å². The van der Waals surface area contributed by atoms with Gasteiger partial charge in [0, 0.05) is 19.0 Å². The zero-order valence-electron chi connectivity index (χ0n) is 14.7. The standard InChI is InChI=1S/C19H27N3O2/c1-13(2)11-22(12-17(23)15-7-5-4-6-8-15)14(3)19-20-18(21-24-19)16-9-10-16/h4-8,13-14,16-17,23H,9-12H2,1-3H3/t14-,17-/m0/s1. The van der Waals surface area contributed by atoms with E-state index >= 15 is 0 Å². The Morgan fingerprint density at radius 1 is 1.17 bits per heavy atom. The monoisotopic (exact) mass is 329 g/mol. The Kier molecular flexibility index (Phi) is 5.31. The maximum Gasteiger partial charge on any atom is 0.243 e. The van der Waals surface area contributed by atoms with Gasteiger partial charge in [0.1, 0.15) is 0 Å². The van der Waals surface area contributed by atoms with E-state index in [1.807, 2.05) is 30.3 Å². The van der Waals surface area contributed by atoms with E-state index in [0.717, 1.165) is 30.8 Å². The molecule has 1 aliphatic carbocycles. The molecule has 5 heteroatoms. The second kappa shape index (κ2) is 7.45. The Morgan fingerprint density at radius 3 is 2.50 bits per heavy atom. The number of benzene rings is 1. The molecule has 1 N–H and O–H groups in total. The molecular weight excluding hydrogens is 302 g/mol. The van der Waals surface area contributed by atoms with E-state index < -0.39 is 6.10 Å². The van der Waals surface area contributed by atoms with Crippen molar-refractivity contribution in [3.05, 3.63) is 47.6 Å². The first-order chi connectivity index (χ1) is 11.5. The minimum Gasteiger partial charge on any atom is -0.387 e. The van der Waals surface area contributed by atoms with E-state index in [-0.39, 0.29) is 6.04 Å². The zero-order valence-corrected chi connectivity index (χ0v) is 14.7. The van der Waals surface area contributed by atoms with Crippen LogP contribution < -0.4 is 0 Å². The lowest BCUT2D eigenvalue weighted by Gasteiger charge is -2.30. The lowest BCUT2D eigenvalue weighted by atomic mass is 10.1. The highest BCUT2D eigenvalue weighted by atomic mass is 16.5. The Hall–Kier alpha value is -1.72. The van der Waals surface area contributed by atoms with Crippen LogP contribution in [0.1, 0.15) is 69.0 Å². The van der Waals surface area contributed by atoms with Gasteiger partial charge in [0.05, 0.1) is 12.1 Å². The normalized spacial score (nSPS) is 17.4. The zero-order chi connectivity index (χ0) is 17.1. The molecular formula is C19H27N3O2. The molecule has 1 fully saturated rings. The molecule has 0 unspecified atom stereocenters. The summed E-state index contributed by atoms with van der Waals surface area (Å²) in [5, 5.41) is 14.7. The molecule has 130 valence electrons. The molecule has 0 saturated heterocycles. The van der Waals surface area contributed by atoms with Gasteiger partial charge in [-0.3, -0.25) is 4.90 Å². The molecule has 0 radical (unpaired) electrons. The highest BCUT2D eigenvalue weighted by Gasteiger charge is 2.31. The molecule has 1 saturated carbocycles. The van der Waals surface area contributed by atoms with Crippen LogP contribution in [0.5, 0.6) is 0 Å². The summed E-state index contributed by atoms with van der Waals surface area (Å²) in [4.78, 5) is 6.81. The van der Waals surface area contributed by atoms with Crippen LogP contribution in [0.25, 0.3) is 0 Å². The molecule has 0 spiro atoms. The van der Waals surface area contributed by atoms with Gasteiger partial charge in [-0.05, 0) is 31.2 Å². The predicted octanol–water partition coefficient (Wildman–Crippen LogP) is 3.70. The van der Waals surface area contributed by atoms with Gasteiger partial charge in [-0.2, -0.15) is 4.98 Å². The molecule has 5 nitrogen and oxygen atoms in total. The first kappa shape index (κ1) is 17.1. The number of nitrogens with zero attached hydrogens (tertiary/aromatic N) is 3. The predicted molar refractivity (Wildman–Crippen MR) is 92.5 cm³/mol. The largest absolute Gasteiger partial charge is 0.387 e. The molecule has 2 aromatic rings. The van der Waals surface area contributed by atoms with Crippen molar-refractivity contribution in [3.63, 3.8) is 0 Å². The second-order valence-corrected chi connectivity index (χ2v) is 7.22. The summed E-state index contributed by atoms with van der Waals surface area (Å²) in [5.74, 6) is 2.46.